The third-order valence-corrected chi connectivity index (χ3v) is 4.53. The fourth-order valence-electron chi connectivity index (χ4n) is 3.10. The predicted molar refractivity (Wildman–Crippen MR) is 103 cm³/mol. The van der Waals surface area contributed by atoms with Crippen LogP contribution in [0.2, 0.25) is 0 Å². The summed E-state index contributed by atoms with van der Waals surface area (Å²) in [5, 5.41) is 0. The third kappa shape index (κ3) is 3.89. The highest BCUT2D eigenvalue weighted by atomic mass is 19.4. The first-order valence-corrected chi connectivity index (χ1v) is 8.94. The average Bonchev–Trinajstić information content (AvgIpc) is 3.17. The molecule has 0 unspecified atom stereocenters. The summed E-state index contributed by atoms with van der Waals surface area (Å²) < 4.78 is 50.1. The number of rotatable bonds is 5. The number of methoxy groups -OCH3 is 1. The number of hydrogen-bond donors (Lipinski definition) is 0. The van der Waals surface area contributed by atoms with Gasteiger partial charge in [-0.25, -0.2) is 4.98 Å². The lowest BCUT2D eigenvalue weighted by molar-refractivity contribution is -0.138. The first-order chi connectivity index (χ1) is 14.3. The van der Waals surface area contributed by atoms with Gasteiger partial charge >= 0.3 is 6.18 Å². The van der Waals surface area contributed by atoms with Gasteiger partial charge in [0.2, 0.25) is 5.89 Å². The molecule has 0 aliphatic carbocycles. The van der Waals surface area contributed by atoms with Gasteiger partial charge in [-0.2, -0.15) is 18.2 Å². The molecule has 152 valence electrons. The van der Waals surface area contributed by atoms with Crippen LogP contribution in [0.3, 0.4) is 0 Å². The van der Waals surface area contributed by atoms with E-state index in [1.807, 2.05) is 0 Å². The highest BCUT2D eigenvalue weighted by molar-refractivity contribution is 5.98. The molecule has 5 nitrogen and oxygen atoms in total. The molecule has 0 saturated heterocycles. The van der Waals surface area contributed by atoms with Crippen LogP contribution in [0.5, 0.6) is 5.75 Å². The van der Waals surface area contributed by atoms with E-state index in [-0.39, 0.29) is 17.7 Å². The Morgan fingerprint density at radius 3 is 2.67 bits per heavy atom. The van der Waals surface area contributed by atoms with E-state index in [2.05, 4.69) is 9.97 Å². The second-order valence-electron chi connectivity index (χ2n) is 6.56. The molecule has 2 aromatic carbocycles. The summed E-state index contributed by atoms with van der Waals surface area (Å²) in [7, 11) is 1.15. The molecule has 0 N–H and O–H groups in total. The van der Waals surface area contributed by atoms with Gasteiger partial charge in [0.1, 0.15) is 5.75 Å². The lowest BCUT2D eigenvalue weighted by Gasteiger charge is -2.13. The van der Waals surface area contributed by atoms with Crippen molar-refractivity contribution in [3.8, 4) is 17.2 Å². The number of carbonyl (C=O) groups excluding carboxylic acids is 1. The zero-order valence-corrected chi connectivity index (χ0v) is 15.7. The third-order valence-electron chi connectivity index (χ3n) is 4.53. The molecular formula is C22H15F3N2O3. The van der Waals surface area contributed by atoms with Crippen LogP contribution in [0.25, 0.3) is 22.7 Å². The summed E-state index contributed by atoms with van der Waals surface area (Å²) in [6.07, 6.45) is -3.09. The molecule has 4 aromatic rings. The quantitative estimate of drug-likeness (QED) is 0.414. The van der Waals surface area contributed by atoms with Crippen LogP contribution < -0.4 is 4.74 Å². The SMILES string of the molecule is COc1ccc(C(=O)Cc2cccc(-c3nc4ncccc4o3)c2)cc1C(F)(F)F. The Kier molecular flexibility index (Phi) is 4.99. The van der Waals surface area contributed by atoms with Crippen LogP contribution in [0.1, 0.15) is 21.5 Å². The molecule has 0 spiro atoms. The average molecular weight is 412 g/mol. The first kappa shape index (κ1) is 19.6. The van der Waals surface area contributed by atoms with Crippen molar-refractivity contribution in [2.45, 2.75) is 12.6 Å². The van der Waals surface area contributed by atoms with Gasteiger partial charge in [0, 0.05) is 23.7 Å². The Morgan fingerprint density at radius 1 is 1.10 bits per heavy atom. The molecule has 0 bridgehead atoms. The second-order valence-corrected chi connectivity index (χ2v) is 6.56. The maximum absolute atomic E-state index is 13.2. The standard InChI is InChI=1S/C22H15F3N2O3/c1-29-18-8-7-14(12-16(18)22(23,24)25)17(28)11-13-4-2-5-15(10-13)21-27-20-19(30-21)6-3-9-26-20/h2-10,12H,11H2,1H3. The smallest absolute Gasteiger partial charge is 0.419 e. The summed E-state index contributed by atoms with van der Waals surface area (Å²) in [6.45, 7) is 0. The maximum atomic E-state index is 13.2. The normalized spacial score (nSPS) is 11.6. The van der Waals surface area contributed by atoms with Crippen molar-refractivity contribution in [2.75, 3.05) is 7.11 Å². The molecule has 0 radical (unpaired) electrons. The van der Waals surface area contributed by atoms with Crippen molar-refractivity contribution in [3.05, 3.63) is 77.5 Å². The van der Waals surface area contributed by atoms with E-state index in [0.29, 0.717) is 28.2 Å². The van der Waals surface area contributed by atoms with E-state index in [9.17, 15) is 18.0 Å². The Hall–Kier alpha value is -3.68. The van der Waals surface area contributed by atoms with E-state index < -0.39 is 17.5 Å². The molecule has 0 amide bonds. The van der Waals surface area contributed by atoms with Gasteiger partial charge in [0.05, 0.1) is 12.7 Å². The number of oxazole rings is 1. The second kappa shape index (κ2) is 7.62. The zero-order chi connectivity index (χ0) is 21.3. The van der Waals surface area contributed by atoms with Crippen LogP contribution in [-0.2, 0) is 12.6 Å². The molecule has 0 saturated carbocycles. The largest absolute Gasteiger partial charge is 0.496 e. The summed E-state index contributed by atoms with van der Waals surface area (Å²) in [4.78, 5) is 21.1. The summed E-state index contributed by atoms with van der Waals surface area (Å²) in [5.74, 6) is -0.424. The van der Waals surface area contributed by atoms with Gasteiger partial charge in [-0.1, -0.05) is 12.1 Å². The molecule has 2 aromatic heterocycles. The number of aromatic nitrogens is 2. The van der Waals surface area contributed by atoms with E-state index in [1.165, 1.54) is 6.07 Å². The lowest BCUT2D eigenvalue weighted by atomic mass is 9.99. The number of nitrogens with zero attached hydrogens (tertiary/aromatic N) is 2. The zero-order valence-electron chi connectivity index (χ0n) is 15.7. The van der Waals surface area contributed by atoms with E-state index in [4.69, 9.17) is 9.15 Å². The van der Waals surface area contributed by atoms with Crippen LogP contribution in [0.15, 0.2) is 65.2 Å². The molecular weight excluding hydrogens is 397 g/mol. The number of benzene rings is 2. The number of hydrogen-bond acceptors (Lipinski definition) is 5. The fourth-order valence-corrected chi connectivity index (χ4v) is 3.10. The van der Waals surface area contributed by atoms with Crippen LogP contribution >= 0.6 is 0 Å². The molecule has 0 atom stereocenters. The monoisotopic (exact) mass is 412 g/mol. The Morgan fingerprint density at radius 2 is 1.93 bits per heavy atom. The molecule has 2 heterocycles. The topological polar surface area (TPSA) is 65.2 Å². The van der Waals surface area contributed by atoms with Gasteiger partial charge in [-0.15, -0.1) is 0 Å². The number of carbonyl (C=O) groups is 1. The van der Waals surface area contributed by atoms with E-state index >= 15 is 0 Å². The predicted octanol–water partition coefficient (Wildman–Crippen LogP) is 5.34. The summed E-state index contributed by atoms with van der Waals surface area (Å²) in [6, 6.07) is 13.7. The molecule has 0 aliphatic heterocycles. The van der Waals surface area contributed by atoms with Crippen LogP contribution in [0, 0.1) is 0 Å². The lowest BCUT2D eigenvalue weighted by Crippen LogP contribution is -2.11. The van der Waals surface area contributed by atoms with Gasteiger partial charge in [-0.3, -0.25) is 4.79 Å². The number of halogens is 3. The minimum absolute atomic E-state index is 0.0420. The number of Topliss-reactive ketones (excluding diaryl/α,β-unsaturated/α-hetero) is 1. The van der Waals surface area contributed by atoms with Gasteiger partial charge in [0.15, 0.2) is 17.0 Å². The van der Waals surface area contributed by atoms with Crippen molar-refractivity contribution in [2.24, 2.45) is 0 Å². The van der Waals surface area contributed by atoms with Gasteiger partial charge in [0.25, 0.3) is 0 Å². The molecule has 30 heavy (non-hydrogen) atoms. The number of fused-ring (bicyclic) bond motifs is 1. The molecule has 0 aliphatic rings. The molecule has 8 heteroatoms. The molecule has 4 rings (SSSR count). The minimum Gasteiger partial charge on any atom is -0.496 e. The Bertz CT molecular complexity index is 1200. The molecule has 0 fully saturated rings. The van der Waals surface area contributed by atoms with Crippen LogP contribution in [0.4, 0.5) is 13.2 Å². The van der Waals surface area contributed by atoms with Crippen molar-refractivity contribution in [1.82, 2.24) is 9.97 Å². The summed E-state index contributed by atoms with van der Waals surface area (Å²) >= 11 is 0. The summed E-state index contributed by atoms with van der Waals surface area (Å²) in [5.41, 5.74) is 1.24. The highest BCUT2D eigenvalue weighted by Crippen LogP contribution is 2.37. The Labute approximate surface area is 169 Å². The van der Waals surface area contributed by atoms with Crippen molar-refractivity contribution >= 4 is 17.0 Å². The van der Waals surface area contributed by atoms with Crippen molar-refractivity contribution < 1.29 is 27.1 Å². The number of alkyl halides is 3. The van der Waals surface area contributed by atoms with Crippen LogP contribution in [-0.4, -0.2) is 22.9 Å². The van der Waals surface area contributed by atoms with E-state index in [0.717, 1.165) is 19.2 Å². The number of ether oxygens (including phenoxy) is 1. The Balaban J connectivity index is 1.60. The van der Waals surface area contributed by atoms with E-state index in [1.54, 1.807) is 42.6 Å². The first-order valence-electron chi connectivity index (χ1n) is 8.94. The van der Waals surface area contributed by atoms with Crippen molar-refractivity contribution in [1.29, 1.82) is 0 Å². The minimum atomic E-state index is -4.62. The van der Waals surface area contributed by atoms with Crippen molar-refractivity contribution in [3.63, 3.8) is 0 Å². The van der Waals surface area contributed by atoms with Gasteiger partial charge in [-0.05, 0) is 48.0 Å². The van der Waals surface area contributed by atoms with Gasteiger partial charge < -0.3 is 9.15 Å². The maximum Gasteiger partial charge on any atom is 0.419 e. The highest BCUT2D eigenvalue weighted by Gasteiger charge is 2.35. The fraction of sp³-hybridized carbons (Fsp3) is 0.136. The number of pyridine rings is 1. The number of ketones is 1.